The van der Waals surface area contributed by atoms with Gasteiger partial charge in [-0.15, -0.1) is 11.3 Å². The van der Waals surface area contributed by atoms with Crippen LogP contribution in [-0.2, 0) is 0 Å². The minimum atomic E-state index is -0.855. The zero-order valence-corrected chi connectivity index (χ0v) is 14.1. The van der Waals surface area contributed by atoms with Crippen molar-refractivity contribution in [2.75, 3.05) is 12.4 Å². The SMILES string of the molecule is COc1cc(C(N)=O)c(F)cc1Nc1ncnc2sc(C)c(C)c12. The van der Waals surface area contributed by atoms with Crippen LogP contribution >= 0.6 is 11.3 Å². The molecule has 0 atom stereocenters. The van der Waals surface area contributed by atoms with Crippen molar-refractivity contribution in [1.29, 1.82) is 0 Å². The molecule has 0 fully saturated rings. The van der Waals surface area contributed by atoms with E-state index in [4.69, 9.17) is 10.5 Å². The van der Waals surface area contributed by atoms with E-state index in [1.807, 2.05) is 13.8 Å². The molecule has 0 spiro atoms. The van der Waals surface area contributed by atoms with E-state index >= 15 is 0 Å². The van der Waals surface area contributed by atoms with Gasteiger partial charge in [0.05, 0.1) is 23.7 Å². The van der Waals surface area contributed by atoms with Gasteiger partial charge in [-0.25, -0.2) is 14.4 Å². The van der Waals surface area contributed by atoms with Crippen LogP contribution in [0.15, 0.2) is 18.5 Å². The van der Waals surface area contributed by atoms with E-state index in [1.165, 1.54) is 25.6 Å². The first-order valence-electron chi connectivity index (χ1n) is 7.07. The summed E-state index contributed by atoms with van der Waals surface area (Å²) in [6.07, 6.45) is 1.45. The van der Waals surface area contributed by atoms with Crippen molar-refractivity contribution in [2.45, 2.75) is 13.8 Å². The van der Waals surface area contributed by atoms with Crippen molar-refractivity contribution in [3.8, 4) is 5.75 Å². The maximum atomic E-state index is 14.1. The Morgan fingerprint density at radius 3 is 2.75 bits per heavy atom. The number of hydrogen-bond donors (Lipinski definition) is 2. The summed E-state index contributed by atoms with van der Waals surface area (Å²) in [5.74, 6) is -0.742. The molecule has 0 saturated heterocycles. The molecule has 2 aromatic heterocycles. The second-order valence-electron chi connectivity index (χ2n) is 5.21. The number of aromatic nitrogens is 2. The van der Waals surface area contributed by atoms with Crippen molar-refractivity contribution in [1.82, 2.24) is 9.97 Å². The molecule has 8 heteroatoms. The molecule has 0 aliphatic rings. The summed E-state index contributed by atoms with van der Waals surface area (Å²) in [5.41, 5.74) is 6.35. The fourth-order valence-electron chi connectivity index (χ4n) is 2.41. The first kappa shape index (κ1) is 16.1. The van der Waals surface area contributed by atoms with E-state index < -0.39 is 11.7 Å². The molecule has 3 aromatic rings. The zero-order chi connectivity index (χ0) is 17.4. The van der Waals surface area contributed by atoms with Crippen LogP contribution in [0, 0.1) is 19.7 Å². The zero-order valence-electron chi connectivity index (χ0n) is 13.3. The van der Waals surface area contributed by atoms with Crippen LogP contribution in [0.25, 0.3) is 10.2 Å². The highest BCUT2D eigenvalue weighted by Gasteiger charge is 2.17. The molecule has 0 radical (unpaired) electrons. The minimum absolute atomic E-state index is 0.229. The standard InChI is InChI=1S/C16H15FN4O2S/c1-7-8(2)24-16-13(7)15(19-6-20-16)21-11-5-10(17)9(14(18)22)4-12(11)23-3/h4-6H,1-3H3,(H2,18,22)(H,19,20,21). The van der Waals surface area contributed by atoms with E-state index in [9.17, 15) is 9.18 Å². The van der Waals surface area contributed by atoms with Crippen molar-refractivity contribution in [3.05, 3.63) is 40.3 Å². The van der Waals surface area contributed by atoms with Crippen LogP contribution < -0.4 is 15.8 Å². The molecule has 0 unspecified atom stereocenters. The van der Waals surface area contributed by atoms with E-state index in [2.05, 4.69) is 15.3 Å². The molecule has 0 aliphatic carbocycles. The third-order valence-electron chi connectivity index (χ3n) is 3.77. The number of nitrogens with one attached hydrogen (secondary N) is 1. The van der Waals surface area contributed by atoms with Crippen LogP contribution in [0.1, 0.15) is 20.8 Å². The molecule has 24 heavy (non-hydrogen) atoms. The van der Waals surface area contributed by atoms with Gasteiger partial charge in [0.25, 0.3) is 5.91 Å². The summed E-state index contributed by atoms with van der Waals surface area (Å²) in [4.78, 5) is 21.8. The molecule has 0 bridgehead atoms. The van der Waals surface area contributed by atoms with Crippen LogP contribution in [0.2, 0.25) is 0 Å². The van der Waals surface area contributed by atoms with Crippen LogP contribution in [-0.4, -0.2) is 23.0 Å². The number of benzene rings is 1. The Bertz CT molecular complexity index is 955. The van der Waals surface area contributed by atoms with Gasteiger partial charge in [0.1, 0.15) is 28.5 Å². The number of halogens is 1. The third kappa shape index (κ3) is 2.65. The van der Waals surface area contributed by atoms with Gasteiger partial charge >= 0.3 is 0 Å². The van der Waals surface area contributed by atoms with Crippen LogP contribution in [0.4, 0.5) is 15.9 Å². The normalized spacial score (nSPS) is 10.8. The van der Waals surface area contributed by atoms with Gasteiger partial charge < -0.3 is 15.8 Å². The number of ether oxygens (including phenoxy) is 1. The summed E-state index contributed by atoms with van der Waals surface area (Å²) in [6.45, 7) is 3.99. The van der Waals surface area contributed by atoms with Crippen molar-refractivity contribution >= 4 is 39.0 Å². The lowest BCUT2D eigenvalue weighted by Crippen LogP contribution is -2.13. The molecule has 0 aliphatic heterocycles. The maximum Gasteiger partial charge on any atom is 0.251 e. The van der Waals surface area contributed by atoms with Gasteiger partial charge in [-0.05, 0) is 25.5 Å². The molecule has 3 rings (SSSR count). The van der Waals surface area contributed by atoms with Gasteiger partial charge in [-0.2, -0.15) is 0 Å². The molecular weight excluding hydrogens is 331 g/mol. The van der Waals surface area contributed by atoms with Crippen molar-refractivity contribution < 1.29 is 13.9 Å². The third-order valence-corrected chi connectivity index (χ3v) is 4.89. The highest BCUT2D eigenvalue weighted by molar-refractivity contribution is 7.18. The number of carbonyl (C=O) groups is 1. The quantitative estimate of drug-likeness (QED) is 0.756. The largest absolute Gasteiger partial charge is 0.495 e. The second-order valence-corrected chi connectivity index (χ2v) is 6.41. The molecular formula is C16H15FN4O2S. The topological polar surface area (TPSA) is 90.1 Å². The first-order chi connectivity index (χ1) is 11.4. The molecule has 3 N–H and O–H groups in total. The Balaban J connectivity index is 2.12. The number of nitrogens with zero attached hydrogens (tertiary/aromatic N) is 2. The number of aryl methyl sites for hydroxylation is 2. The maximum absolute atomic E-state index is 14.1. The summed E-state index contributed by atoms with van der Waals surface area (Å²) < 4.78 is 19.3. The van der Waals surface area contributed by atoms with E-state index in [1.54, 1.807) is 11.3 Å². The number of hydrogen-bond acceptors (Lipinski definition) is 6. The van der Waals surface area contributed by atoms with Gasteiger partial charge in [0.2, 0.25) is 0 Å². The number of amides is 1. The number of primary amides is 1. The number of anilines is 2. The minimum Gasteiger partial charge on any atom is -0.495 e. The summed E-state index contributed by atoms with van der Waals surface area (Å²) >= 11 is 1.57. The van der Waals surface area contributed by atoms with E-state index in [0.717, 1.165) is 20.7 Å². The predicted molar refractivity (Wildman–Crippen MR) is 91.6 cm³/mol. The number of nitrogens with two attached hydrogens (primary N) is 1. The number of fused-ring (bicyclic) bond motifs is 1. The number of methoxy groups -OCH3 is 1. The fraction of sp³-hybridized carbons (Fsp3) is 0.188. The Labute approximate surface area is 141 Å². The van der Waals surface area contributed by atoms with Crippen molar-refractivity contribution in [3.63, 3.8) is 0 Å². The predicted octanol–water partition coefficient (Wildman–Crippen LogP) is 3.30. The van der Waals surface area contributed by atoms with Gasteiger partial charge in [0, 0.05) is 10.9 Å². The Hall–Kier alpha value is -2.74. The van der Waals surface area contributed by atoms with Gasteiger partial charge in [-0.3, -0.25) is 4.79 Å². The summed E-state index contributed by atoms with van der Waals surface area (Å²) in [5, 5.41) is 3.94. The summed E-state index contributed by atoms with van der Waals surface area (Å²) in [6, 6.07) is 2.44. The average Bonchev–Trinajstić information content (AvgIpc) is 2.83. The number of carbonyl (C=O) groups excluding carboxylic acids is 1. The monoisotopic (exact) mass is 346 g/mol. The number of thiophene rings is 1. The average molecular weight is 346 g/mol. The first-order valence-corrected chi connectivity index (χ1v) is 7.89. The van der Waals surface area contributed by atoms with Gasteiger partial charge in [0.15, 0.2) is 0 Å². The number of rotatable bonds is 4. The lowest BCUT2D eigenvalue weighted by atomic mass is 10.1. The highest BCUT2D eigenvalue weighted by atomic mass is 32.1. The lowest BCUT2D eigenvalue weighted by Gasteiger charge is -2.13. The fourth-order valence-corrected chi connectivity index (χ4v) is 3.41. The Morgan fingerprint density at radius 1 is 1.33 bits per heavy atom. The second kappa shape index (κ2) is 6.04. The molecule has 0 saturated carbocycles. The van der Waals surface area contributed by atoms with Gasteiger partial charge in [-0.1, -0.05) is 0 Å². The molecule has 124 valence electrons. The van der Waals surface area contributed by atoms with Crippen molar-refractivity contribution in [2.24, 2.45) is 5.73 Å². The summed E-state index contributed by atoms with van der Waals surface area (Å²) in [7, 11) is 1.43. The van der Waals surface area contributed by atoms with E-state index in [0.29, 0.717) is 17.3 Å². The molecule has 2 heterocycles. The smallest absolute Gasteiger partial charge is 0.251 e. The Kier molecular flexibility index (Phi) is 4.06. The lowest BCUT2D eigenvalue weighted by molar-refractivity contribution is 0.0996. The Morgan fingerprint density at radius 2 is 2.08 bits per heavy atom. The molecule has 1 aromatic carbocycles. The molecule has 1 amide bonds. The highest BCUT2D eigenvalue weighted by Crippen LogP contribution is 2.36. The van der Waals surface area contributed by atoms with Crippen LogP contribution in [0.3, 0.4) is 0 Å². The molecule has 6 nitrogen and oxygen atoms in total. The van der Waals surface area contributed by atoms with E-state index in [-0.39, 0.29) is 5.56 Å². The van der Waals surface area contributed by atoms with Crippen LogP contribution in [0.5, 0.6) is 5.75 Å².